The molecule has 1 aromatic heterocycles. The van der Waals surface area contributed by atoms with Crippen molar-refractivity contribution in [3.05, 3.63) is 24.5 Å². The monoisotopic (exact) mass is 387 g/mol. The summed E-state index contributed by atoms with van der Waals surface area (Å²) >= 11 is 0. The number of nitrogens with zero attached hydrogens (tertiary/aromatic N) is 3. The number of ether oxygens (including phenoxy) is 2. The second-order valence-corrected chi connectivity index (χ2v) is 6.40. The Hall–Kier alpha value is -2.38. The lowest BCUT2D eigenvalue weighted by Crippen LogP contribution is -2.48. The van der Waals surface area contributed by atoms with Crippen molar-refractivity contribution < 1.29 is 32.5 Å². The number of carbonyl (C=O) groups is 1. The molecule has 148 valence electrons. The molecule has 2 aliphatic heterocycles. The van der Waals surface area contributed by atoms with Gasteiger partial charge in [0.25, 0.3) is 0 Å². The Kier molecular flexibility index (Phi) is 6.98. The minimum absolute atomic E-state index is 0.0845. The molecule has 3 rings (SSSR count). The molecule has 0 saturated carbocycles. The quantitative estimate of drug-likeness (QED) is 0.795. The van der Waals surface area contributed by atoms with E-state index in [-0.39, 0.29) is 11.7 Å². The Bertz CT molecular complexity index is 666. The predicted octanol–water partition coefficient (Wildman–Crippen LogP) is 2.24. The number of nitriles is 1. The number of piperidine rings is 1. The van der Waals surface area contributed by atoms with Crippen LogP contribution in [0.4, 0.5) is 13.2 Å². The molecule has 2 atom stereocenters. The van der Waals surface area contributed by atoms with Crippen molar-refractivity contribution in [2.45, 2.75) is 37.1 Å². The highest BCUT2D eigenvalue weighted by Gasteiger charge is 2.44. The Labute approximate surface area is 154 Å². The van der Waals surface area contributed by atoms with Gasteiger partial charge in [0.15, 0.2) is 0 Å². The number of hydrogen-bond donors (Lipinski definition) is 1. The number of carboxylic acid groups (broad SMARTS) is 1. The molecule has 3 heterocycles. The zero-order valence-electron chi connectivity index (χ0n) is 14.5. The average Bonchev–Trinajstić information content (AvgIpc) is 2.97. The van der Waals surface area contributed by atoms with Crippen LogP contribution in [0.2, 0.25) is 0 Å². The van der Waals surface area contributed by atoms with Crippen molar-refractivity contribution in [1.82, 2.24) is 9.88 Å². The lowest BCUT2D eigenvalue weighted by molar-refractivity contribution is -0.192. The molecule has 1 aromatic rings. The van der Waals surface area contributed by atoms with Crippen molar-refractivity contribution in [3.63, 3.8) is 0 Å². The summed E-state index contributed by atoms with van der Waals surface area (Å²) in [6, 6.07) is 6.01. The number of pyridine rings is 1. The molecular formula is C17H20F3N3O4. The zero-order chi connectivity index (χ0) is 19.9. The van der Waals surface area contributed by atoms with E-state index in [9.17, 15) is 13.2 Å². The van der Waals surface area contributed by atoms with Crippen LogP contribution in [0, 0.1) is 11.3 Å². The highest BCUT2D eigenvalue weighted by molar-refractivity contribution is 5.73. The third kappa shape index (κ3) is 6.37. The molecule has 0 bridgehead atoms. The van der Waals surface area contributed by atoms with E-state index in [1.807, 2.05) is 12.1 Å². The van der Waals surface area contributed by atoms with E-state index in [1.165, 1.54) is 0 Å². The van der Waals surface area contributed by atoms with Gasteiger partial charge in [-0.05, 0) is 31.5 Å². The number of hydrogen-bond acceptors (Lipinski definition) is 6. The van der Waals surface area contributed by atoms with Crippen molar-refractivity contribution in [1.29, 1.82) is 5.26 Å². The number of carboxylic acids is 1. The average molecular weight is 387 g/mol. The van der Waals surface area contributed by atoms with Gasteiger partial charge in [-0.2, -0.15) is 18.4 Å². The topological polar surface area (TPSA) is 95.7 Å². The second-order valence-electron chi connectivity index (χ2n) is 6.40. The molecule has 1 N–H and O–H groups in total. The first-order chi connectivity index (χ1) is 12.7. The number of aromatic nitrogens is 1. The summed E-state index contributed by atoms with van der Waals surface area (Å²) in [4.78, 5) is 15.1. The fourth-order valence-electron chi connectivity index (χ4n) is 3.20. The SMILES string of the molecule is N#CCN1CCCC2(CC(Oc3cccnc3)CO2)C1.O=C(O)C(F)(F)F. The van der Waals surface area contributed by atoms with E-state index >= 15 is 0 Å². The summed E-state index contributed by atoms with van der Waals surface area (Å²) in [5, 5.41) is 16.0. The number of likely N-dealkylation sites (tertiary alicyclic amines) is 1. The number of rotatable bonds is 3. The molecule has 2 fully saturated rings. The third-order valence-corrected chi connectivity index (χ3v) is 4.27. The lowest BCUT2D eigenvalue weighted by Gasteiger charge is -2.38. The number of alkyl halides is 3. The van der Waals surface area contributed by atoms with Gasteiger partial charge in [-0.1, -0.05) is 0 Å². The van der Waals surface area contributed by atoms with E-state index in [0.29, 0.717) is 13.2 Å². The minimum Gasteiger partial charge on any atom is -0.486 e. The maximum Gasteiger partial charge on any atom is 0.490 e. The Morgan fingerprint density at radius 1 is 1.56 bits per heavy atom. The van der Waals surface area contributed by atoms with E-state index in [2.05, 4.69) is 16.0 Å². The molecule has 10 heteroatoms. The van der Waals surface area contributed by atoms with Crippen LogP contribution in [0.1, 0.15) is 19.3 Å². The van der Waals surface area contributed by atoms with Crippen LogP contribution in [-0.2, 0) is 9.53 Å². The number of aliphatic carboxylic acids is 1. The molecule has 7 nitrogen and oxygen atoms in total. The zero-order valence-corrected chi connectivity index (χ0v) is 14.5. The summed E-state index contributed by atoms with van der Waals surface area (Å²) < 4.78 is 43.7. The molecule has 2 aliphatic rings. The fourth-order valence-corrected chi connectivity index (χ4v) is 3.20. The molecule has 2 unspecified atom stereocenters. The molecule has 0 aliphatic carbocycles. The van der Waals surface area contributed by atoms with Crippen molar-refractivity contribution >= 4 is 5.97 Å². The molecule has 0 amide bonds. The lowest BCUT2D eigenvalue weighted by atomic mass is 9.89. The molecular weight excluding hydrogens is 367 g/mol. The first-order valence-corrected chi connectivity index (χ1v) is 8.34. The first-order valence-electron chi connectivity index (χ1n) is 8.34. The Balaban J connectivity index is 0.000000321. The van der Waals surface area contributed by atoms with Gasteiger partial charge in [-0.15, -0.1) is 0 Å². The summed E-state index contributed by atoms with van der Waals surface area (Å²) in [6.45, 7) is 2.94. The largest absolute Gasteiger partial charge is 0.490 e. The van der Waals surface area contributed by atoms with Gasteiger partial charge in [-0.3, -0.25) is 9.88 Å². The summed E-state index contributed by atoms with van der Waals surface area (Å²) in [5.41, 5.74) is -0.123. The predicted molar refractivity (Wildman–Crippen MR) is 86.9 cm³/mol. The van der Waals surface area contributed by atoms with Crippen LogP contribution < -0.4 is 4.74 Å². The van der Waals surface area contributed by atoms with E-state index in [1.54, 1.807) is 12.4 Å². The molecule has 1 spiro atoms. The highest BCUT2D eigenvalue weighted by atomic mass is 19.4. The van der Waals surface area contributed by atoms with Crippen molar-refractivity contribution in [2.75, 3.05) is 26.2 Å². The maximum atomic E-state index is 10.6. The van der Waals surface area contributed by atoms with Crippen LogP contribution in [0.5, 0.6) is 5.75 Å². The van der Waals surface area contributed by atoms with Crippen molar-refractivity contribution in [3.8, 4) is 11.8 Å². The number of halogens is 3. The van der Waals surface area contributed by atoms with Crippen LogP contribution >= 0.6 is 0 Å². The van der Waals surface area contributed by atoms with Gasteiger partial charge < -0.3 is 14.6 Å². The Morgan fingerprint density at radius 3 is 2.89 bits per heavy atom. The van der Waals surface area contributed by atoms with Crippen LogP contribution in [0.25, 0.3) is 0 Å². The fraction of sp³-hybridized carbons (Fsp3) is 0.588. The van der Waals surface area contributed by atoms with Crippen molar-refractivity contribution in [2.24, 2.45) is 0 Å². The van der Waals surface area contributed by atoms with Gasteiger partial charge in [0, 0.05) is 19.2 Å². The van der Waals surface area contributed by atoms with E-state index in [0.717, 1.165) is 38.1 Å². The summed E-state index contributed by atoms with van der Waals surface area (Å²) in [7, 11) is 0. The van der Waals surface area contributed by atoms with Crippen LogP contribution in [-0.4, -0.2) is 65.1 Å². The molecule has 0 radical (unpaired) electrons. The van der Waals surface area contributed by atoms with Gasteiger partial charge in [-0.25, -0.2) is 4.79 Å². The second kappa shape index (κ2) is 9.01. The van der Waals surface area contributed by atoms with E-state index in [4.69, 9.17) is 24.6 Å². The molecule has 0 aromatic carbocycles. The van der Waals surface area contributed by atoms with Crippen LogP contribution in [0.15, 0.2) is 24.5 Å². The van der Waals surface area contributed by atoms with Crippen LogP contribution in [0.3, 0.4) is 0 Å². The van der Waals surface area contributed by atoms with Gasteiger partial charge in [0.1, 0.15) is 11.9 Å². The van der Waals surface area contributed by atoms with Gasteiger partial charge >= 0.3 is 12.1 Å². The third-order valence-electron chi connectivity index (χ3n) is 4.27. The smallest absolute Gasteiger partial charge is 0.486 e. The first kappa shape index (κ1) is 20.9. The molecule has 27 heavy (non-hydrogen) atoms. The summed E-state index contributed by atoms with van der Waals surface area (Å²) in [5.74, 6) is -1.96. The minimum atomic E-state index is -5.08. The normalized spacial score (nSPS) is 25.3. The maximum absolute atomic E-state index is 10.6. The molecule has 2 saturated heterocycles. The highest BCUT2D eigenvalue weighted by Crippen LogP contribution is 2.36. The standard InChI is InChI=1S/C15H19N3O2.C2HF3O2/c16-5-8-18-7-2-4-15(12-18)9-14(11-19-15)20-13-3-1-6-17-10-13;3-2(4,5)1(6)7/h1,3,6,10,14H,2,4,7-9,11-12H2;(H,6,7). The van der Waals surface area contributed by atoms with E-state index < -0.39 is 12.1 Å². The van der Waals surface area contributed by atoms with Gasteiger partial charge in [0.2, 0.25) is 0 Å². The summed E-state index contributed by atoms with van der Waals surface area (Å²) in [6.07, 6.45) is 1.50. The van der Waals surface area contributed by atoms with Gasteiger partial charge in [0.05, 0.1) is 31.0 Å². The Morgan fingerprint density at radius 2 is 2.30 bits per heavy atom.